The highest BCUT2D eigenvalue weighted by atomic mass is 16.3. The Balaban J connectivity index is 1.87. The van der Waals surface area contributed by atoms with Crippen molar-refractivity contribution in [3.63, 3.8) is 0 Å². The van der Waals surface area contributed by atoms with Gasteiger partial charge in [-0.05, 0) is 30.5 Å². The number of aromatic nitrogens is 2. The Morgan fingerprint density at radius 3 is 2.64 bits per heavy atom. The number of benzene rings is 1. The summed E-state index contributed by atoms with van der Waals surface area (Å²) in [6, 6.07) is 7.27. The monoisotopic (exact) mass is 300 g/mol. The van der Waals surface area contributed by atoms with Crippen LogP contribution in [0.4, 0.5) is 11.5 Å². The van der Waals surface area contributed by atoms with Gasteiger partial charge in [-0.2, -0.15) is 5.10 Å². The second kappa shape index (κ2) is 8.97. The van der Waals surface area contributed by atoms with Gasteiger partial charge in [-0.15, -0.1) is 10.2 Å². The van der Waals surface area contributed by atoms with Crippen LogP contribution in [0.15, 0.2) is 40.7 Å². The Bertz CT molecular complexity index is 578. The molecule has 0 spiro atoms. The van der Waals surface area contributed by atoms with Crippen molar-refractivity contribution < 1.29 is 5.11 Å². The van der Waals surface area contributed by atoms with Crippen LogP contribution >= 0.6 is 0 Å². The van der Waals surface area contributed by atoms with Crippen LogP contribution in [0.25, 0.3) is 0 Å². The maximum absolute atomic E-state index is 9.85. The Kier molecular flexibility index (Phi) is 6.61. The average Bonchev–Trinajstić information content (AvgIpc) is 3.04. The number of unbranched alkanes of at least 4 members (excludes halogenated alkanes) is 5. The lowest BCUT2D eigenvalue weighted by Crippen LogP contribution is -1.86. The predicted molar refractivity (Wildman–Crippen MR) is 88.0 cm³/mol. The normalized spacial score (nSPS) is 11.3. The van der Waals surface area contributed by atoms with E-state index in [0.29, 0.717) is 11.5 Å². The summed E-state index contributed by atoms with van der Waals surface area (Å²) in [5.74, 6) is 0.718. The van der Waals surface area contributed by atoms with Crippen molar-refractivity contribution in [3.05, 3.63) is 36.0 Å². The topological polar surface area (TPSA) is 73.6 Å². The second-order valence-electron chi connectivity index (χ2n) is 5.48. The highest BCUT2D eigenvalue weighted by Gasteiger charge is 2.03. The molecule has 0 aliphatic carbocycles. The Labute approximate surface area is 131 Å². The molecule has 2 rings (SSSR count). The average molecular weight is 300 g/mol. The molecule has 0 aliphatic heterocycles. The zero-order chi connectivity index (χ0) is 15.6. The van der Waals surface area contributed by atoms with Gasteiger partial charge in [0.2, 0.25) is 0 Å². The smallest absolute Gasteiger partial charge is 0.170 e. The molecule has 1 aromatic heterocycles. The molecule has 0 saturated heterocycles. The van der Waals surface area contributed by atoms with E-state index < -0.39 is 0 Å². The molecule has 0 amide bonds. The molecule has 1 aromatic carbocycles. The standard InChI is InChI=1S/C17H24N4O/c1-2-3-4-5-6-7-8-14-9-10-16(22)15(13-14)19-21-17-11-12-18-20-17/h9-13,22H,2-8H2,1H3,(H,18,20). The number of phenols is 1. The molecule has 0 aliphatic rings. The number of aromatic hydroxyl groups is 1. The number of azo groups is 1. The molecule has 2 N–H and O–H groups in total. The fourth-order valence-electron chi connectivity index (χ4n) is 2.33. The summed E-state index contributed by atoms with van der Waals surface area (Å²) in [5.41, 5.74) is 1.69. The summed E-state index contributed by atoms with van der Waals surface area (Å²) < 4.78 is 0. The van der Waals surface area contributed by atoms with Crippen LogP contribution in [0.5, 0.6) is 5.75 Å². The summed E-state index contributed by atoms with van der Waals surface area (Å²) in [7, 11) is 0. The van der Waals surface area contributed by atoms with Crippen molar-refractivity contribution in [1.29, 1.82) is 0 Å². The number of hydrogen-bond acceptors (Lipinski definition) is 4. The number of rotatable bonds is 9. The van der Waals surface area contributed by atoms with E-state index in [4.69, 9.17) is 0 Å². The third-order valence-electron chi connectivity index (χ3n) is 3.61. The third-order valence-corrected chi connectivity index (χ3v) is 3.61. The third kappa shape index (κ3) is 5.31. The van der Waals surface area contributed by atoms with Crippen LogP contribution in [-0.4, -0.2) is 15.3 Å². The number of aromatic amines is 1. The van der Waals surface area contributed by atoms with Gasteiger partial charge in [-0.25, -0.2) is 0 Å². The van der Waals surface area contributed by atoms with E-state index in [-0.39, 0.29) is 5.75 Å². The van der Waals surface area contributed by atoms with E-state index in [1.165, 1.54) is 44.1 Å². The first-order valence-corrected chi connectivity index (χ1v) is 8.02. The molecule has 0 radical (unpaired) electrons. The Morgan fingerprint density at radius 2 is 1.86 bits per heavy atom. The fraction of sp³-hybridized carbons (Fsp3) is 0.471. The summed E-state index contributed by atoms with van der Waals surface area (Å²) in [4.78, 5) is 0. The number of hydrogen-bond donors (Lipinski definition) is 2. The van der Waals surface area contributed by atoms with E-state index in [1.807, 2.05) is 12.1 Å². The quantitative estimate of drug-likeness (QED) is 0.478. The van der Waals surface area contributed by atoms with Gasteiger partial charge in [0.1, 0.15) is 11.4 Å². The van der Waals surface area contributed by atoms with Crippen LogP contribution < -0.4 is 0 Å². The van der Waals surface area contributed by atoms with Gasteiger partial charge in [0.25, 0.3) is 0 Å². The van der Waals surface area contributed by atoms with Gasteiger partial charge >= 0.3 is 0 Å². The molecular formula is C17H24N4O. The zero-order valence-electron chi connectivity index (χ0n) is 13.1. The van der Waals surface area contributed by atoms with Crippen LogP contribution in [0.3, 0.4) is 0 Å². The lowest BCUT2D eigenvalue weighted by atomic mass is 10.0. The molecule has 5 heteroatoms. The minimum Gasteiger partial charge on any atom is -0.506 e. The number of H-pyrrole nitrogens is 1. The Hall–Kier alpha value is -2.17. The lowest BCUT2D eigenvalue weighted by molar-refractivity contribution is 0.476. The molecule has 5 nitrogen and oxygen atoms in total. The van der Waals surface area contributed by atoms with Gasteiger partial charge < -0.3 is 5.11 Å². The highest BCUT2D eigenvalue weighted by Crippen LogP contribution is 2.29. The van der Waals surface area contributed by atoms with Crippen LogP contribution in [0.1, 0.15) is 51.0 Å². The van der Waals surface area contributed by atoms with Gasteiger partial charge in [0, 0.05) is 6.07 Å². The molecule has 22 heavy (non-hydrogen) atoms. The van der Waals surface area contributed by atoms with Crippen molar-refractivity contribution in [3.8, 4) is 5.75 Å². The fourth-order valence-corrected chi connectivity index (χ4v) is 2.33. The molecule has 0 saturated carbocycles. The van der Waals surface area contributed by atoms with E-state index in [2.05, 4.69) is 27.3 Å². The van der Waals surface area contributed by atoms with E-state index >= 15 is 0 Å². The highest BCUT2D eigenvalue weighted by molar-refractivity contribution is 5.52. The number of nitrogens with zero attached hydrogens (tertiary/aromatic N) is 3. The first-order valence-electron chi connectivity index (χ1n) is 8.02. The van der Waals surface area contributed by atoms with Crippen LogP contribution in [-0.2, 0) is 6.42 Å². The molecule has 0 fully saturated rings. The molecular weight excluding hydrogens is 276 g/mol. The molecule has 2 aromatic rings. The van der Waals surface area contributed by atoms with Gasteiger partial charge in [-0.3, -0.25) is 5.10 Å². The summed E-state index contributed by atoms with van der Waals surface area (Å²) >= 11 is 0. The summed E-state index contributed by atoms with van der Waals surface area (Å²) in [6.45, 7) is 2.23. The predicted octanol–water partition coefficient (Wildman–Crippen LogP) is 5.43. The maximum atomic E-state index is 9.85. The van der Waals surface area contributed by atoms with E-state index in [0.717, 1.165) is 6.42 Å². The minimum atomic E-state index is 0.148. The number of aryl methyl sites for hydroxylation is 1. The van der Waals surface area contributed by atoms with Crippen molar-refractivity contribution in [2.45, 2.75) is 51.9 Å². The molecule has 1 heterocycles. The summed E-state index contributed by atoms with van der Waals surface area (Å²) in [6.07, 6.45) is 10.3. The number of phenolic OH excluding ortho intramolecular Hbond substituents is 1. The van der Waals surface area contributed by atoms with Crippen molar-refractivity contribution >= 4 is 11.5 Å². The SMILES string of the molecule is CCCCCCCCc1ccc(O)c(N=Nc2ccn[nH]2)c1. The largest absolute Gasteiger partial charge is 0.506 e. The lowest BCUT2D eigenvalue weighted by Gasteiger charge is -2.04. The maximum Gasteiger partial charge on any atom is 0.170 e. The van der Waals surface area contributed by atoms with Gasteiger partial charge in [-0.1, -0.05) is 45.1 Å². The first-order chi connectivity index (χ1) is 10.8. The van der Waals surface area contributed by atoms with Gasteiger partial charge in [0.15, 0.2) is 5.82 Å². The van der Waals surface area contributed by atoms with Crippen LogP contribution in [0.2, 0.25) is 0 Å². The number of nitrogens with one attached hydrogen (secondary N) is 1. The van der Waals surface area contributed by atoms with E-state index in [1.54, 1.807) is 18.3 Å². The molecule has 0 unspecified atom stereocenters. The molecule has 0 atom stereocenters. The zero-order valence-corrected chi connectivity index (χ0v) is 13.1. The summed E-state index contributed by atoms with van der Waals surface area (Å²) in [5, 5.41) is 24.5. The van der Waals surface area contributed by atoms with E-state index in [9.17, 15) is 5.11 Å². The van der Waals surface area contributed by atoms with Crippen LogP contribution in [0, 0.1) is 0 Å². The first kappa shape index (κ1) is 16.2. The molecule has 0 bridgehead atoms. The van der Waals surface area contributed by atoms with Gasteiger partial charge in [0.05, 0.1) is 6.20 Å². The van der Waals surface area contributed by atoms with Crippen molar-refractivity contribution in [2.24, 2.45) is 10.2 Å². The van der Waals surface area contributed by atoms with Crippen molar-refractivity contribution in [1.82, 2.24) is 10.2 Å². The Morgan fingerprint density at radius 1 is 1.05 bits per heavy atom. The molecule has 118 valence electrons. The second-order valence-corrected chi connectivity index (χ2v) is 5.48. The van der Waals surface area contributed by atoms with Crippen molar-refractivity contribution in [2.75, 3.05) is 0 Å². The minimum absolute atomic E-state index is 0.148.